The Morgan fingerprint density at radius 3 is 2.73 bits per heavy atom. The third-order valence-electron chi connectivity index (χ3n) is 1.67. The lowest BCUT2D eigenvalue weighted by atomic mass is 10.1. The monoisotopic (exact) mass is 199 g/mol. The SMILES string of the molecule is N#Cc1ccc(C#CCC(N)=O)cc1N. The average Bonchev–Trinajstić information content (AvgIpc) is 2.17. The third-order valence-corrected chi connectivity index (χ3v) is 1.67. The second kappa shape index (κ2) is 4.69. The summed E-state index contributed by atoms with van der Waals surface area (Å²) in [5, 5.41) is 8.63. The van der Waals surface area contributed by atoms with Gasteiger partial charge in [0, 0.05) is 5.56 Å². The summed E-state index contributed by atoms with van der Waals surface area (Å²) >= 11 is 0. The van der Waals surface area contributed by atoms with Crippen LogP contribution in [-0.2, 0) is 4.79 Å². The molecule has 1 aromatic rings. The molecule has 0 radical (unpaired) electrons. The van der Waals surface area contributed by atoms with Crippen molar-refractivity contribution in [3.8, 4) is 17.9 Å². The molecule has 1 amide bonds. The molecule has 0 aliphatic carbocycles. The quantitative estimate of drug-likeness (QED) is 0.505. The van der Waals surface area contributed by atoms with E-state index in [1.165, 1.54) is 0 Å². The highest BCUT2D eigenvalue weighted by Crippen LogP contribution is 2.12. The number of primary amides is 1. The Labute approximate surface area is 87.5 Å². The molecule has 0 bridgehead atoms. The van der Waals surface area contributed by atoms with E-state index in [1.807, 2.05) is 6.07 Å². The summed E-state index contributed by atoms with van der Waals surface area (Å²) in [6, 6.07) is 6.80. The molecule has 1 rings (SSSR count). The van der Waals surface area contributed by atoms with E-state index in [0.717, 1.165) is 0 Å². The third kappa shape index (κ3) is 3.06. The summed E-state index contributed by atoms with van der Waals surface area (Å²) in [7, 11) is 0. The van der Waals surface area contributed by atoms with Crippen molar-refractivity contribution in [2.45, 2.75) is 6.42 Å². The second-order valence-corrected chi connectivity index (χ2v) is 2.86. The summed E-state index contributed by atoms with van der Waals surface area (Å²) < 4.78 is 0. The van der Waals surface area contributed by atoms with Gasteiger partial charge in [-0.3, -0.25) is 4.79 Å². The standard InChI is InChI=1S/C11H9N3O/c12-7-9-5-4-8(6-10(9)13)2-1-3-11(14)15/h4-6H,3,13H2,(H2,14,15). The number of hydrogen-bond donors (Lipinski definition) is 2. The molecular formula is C11H9N3O. The first-order chi connectivity index (χ1) is 7.13. The Bertz CT molecular complexity index is 489. The van der Waals surface area contributed by atoms with Gasteiger partial charge < -0.3 is 11.5 Å². The number of rotatable bonds is 1. The summed E-state index contributed by atoms with van der Waals surface area (Å²) in [5.74, 6) is 4.86. The van der Waals surface area contributed by atoms with Crippen molar-refractivity contribution >= 4 is 11.6 Å². The molecule has 0 saturated carbocycles. The normalized spacial score (nSPS) is 8.47. The zero-order valence-electron chi connectivity index (χ0n) is 7.95. The zero-order valence-corrected chi connectivity index (χ0v) is 7.95. The highest BCUT2D eigenvalue weighted by atomic mass is 16.1. The molecule has 4 heteroatoms. The van der Waals surface area contributed by atoms with Gasteiger partial charge in [-0.2, -0.15) is 5.26 Å². The van der Waals surface area contributed by atoms with Gasteiger partial charge in [0.05, 0.1) is 17.7 Å². The lowest BCUT2D eigenvalue weighted by Gasteiger charge is -1.96. The molecule has 0 aromatic heterocycles. The Morgan fingerprint density at radius 1 is 1.47 bits per heavy atom. The van der Waals surface area contributed by atoms with E-state index in [0.29, 0.717) is 16.8 Å². The highest BCUT2D eigenvalue weighted by molar-refractivity contribution is 5.76. The number of nitriles is 1. The molecule has 0 aliphatic rings. The van der Waals surface area contributed by atoms with Gasteiger partial charge >= 0.3 is 0 Å². The lowest BCUT2D eigenvalue weighted by Crippen LogP contribution is -2.08. The van der Waals surface area contributed by atoms with Gasteiger partial charge in [-0.15, -0.1) is 0 Å². The molecule has 74 valence electrons. The molecule has 4 nitrogen and oxygen atoms in total. The molecule has 4 N–H and O–H groups in total. The number of anilines is 1. The molecule has 0 saturated heterocycles. The van der Waals surface area contributed by atoms with Crippen molar-refractivity contribution in [3.05, 3.63) is 29.3 Å². The maximum atomic E-state index is 10.4. The van der Waals surface area contributed by atoms with Gasteiger partial charge in [0.1, 0.15) is 6.07 Å². The molecule has 0 unspecified atom stereocenters. The van der Waals surface area contributed by atoms with Gasteiger partial charge in [0.2, 0.25) is 5.91 Å². The molecule has 1 aromatic carbocycles. The maximum Gasteiger partial charge on any atom is 0.229 e. The van der Waals surface area contributed by atoms with E-state index in [9.17, 15) is 4.79 Å². The molecule has 0 heterocycles. The Balaban J connectivity index is 2.88. The van der Waals surface area contributed by atoms with Crippen LogP contribution in [0.3, 0.4) is 0 Å². The zero-order chi connectivity index (χ0) is 11.3. The van der Waals surface area contributed by atoms with Crippen molar-refractivity contribution in [2.75, 3.05) is 5.73 Å². The molecule has 0 aliphatic heterocycles. The summed E-state index contributed by atoms with van der Waals surface area (Å²) in [5.41, 5.74) is 12.0. The lowest BCUT2D eigenvalue weighted by molar-refractivity contribution is -0.117. The van der Waals surface area contributed by atoms with Crippen LogP contribution in [-0.4, -0.2) is 5.91 Å². The van der Waals surface area contributed by atoms with E-state index in [2.05, 4.69) is 11.8 Å². The van der Waals surface area contributed by atoms with Crippen molar-refractivity contribution in [1.29, 1.82) is 5.26 Å². The molecule has 0 fully saturated rings. The van der Waals surface area contributed by atoms with Crippen molar-refractivity contribution < 1.29 is 4.79 Å². The first-order valence-electron chi connectivity index (χ1n) is 4.20. The van der Waals surface area contributed by atoms with Crippen LogP contribution in [0.1, 0.15) is 17.5 Å². The predicted octanol–water partition coefficient (Wildman–Crippen LogP) is 0.367. The highest BCUT2D eigenvalue weighted by Gasteiger charge is 1.97. The predicted molar refractivity (Wildman–Crippen MR) is 56.3 cm³/mol. The minimum atomic E-state index is -0.468. The van der Waals surface area contributed by atoms with Gasteiger partial charge in [-0.1, -0.05) is 11.8 Å². The van der Waals surface area contributed by atoms with Crippen LogP contribution in [0.2, 0.25) is 0 Å². The Hall–Kier alpha value is -2.46. The smallest absolute Gasteiger partial charge is 0.229 e. The van der Waals surface area contributed by atoms with E-state index in [1.54, 1.807) is 18.2 Å². The van der Waals surface area contributed by atoms with E-state index >= 15 is 0 Å². The van der Waals surface area contributed by atoms with Gasteiger partial charge in [0.15, 0.2) is 0 Å². The van der Waals surface area contributed by atoms with Crippen LogP contribution in [0.15, 0.2) is 18.2 Å². The van der Waals surface area contributed by atoms with E-state index < -0.39 is 5.91 Å². The van der Waals surface area contributed by atoms with E-state index in [4.69, 9.17) is 16.7 Å². The first kappa shape index (κ1) is 10.6. The van der Waals surface area contributed by atoms with Crippen LogP contribution in [0.5, 0.6) is 0 Å². The van der Waals surface area contributed by atoms with Gasteiger partial charge in [-0.05, 0) is 18.2 Å². The Kier molecular flexibility index (Phi) is 3.32. The van der Waals surface area contributed by atoms with Crippen molar-refractivity contribution in [2.24, 2.45) is 5.73 Å². The van der Waals surface area contributed by atoms with E-state index in [-0.39, 0.29) is 6.42 Å². The van der Waals surface area contributed by atoms with Crippen LogP contribution in [0, 0.1) is 23.2 Å². The number of nitrogens with zero attached hydrogens (tertiary/aromatic N) is 1. The molecule has 15 heavy (non-hydrogen) atoms. The van der Waals surface area contributed by atoms with Crippen molar-refractivity contribution in [3.63, 3.8) is 0 Å². The molecule has 0 spiro atoms. The minimum Gasteiger partial charge on any atom is -0.398 e. The summed E-state index contributed by atoms with van der Waals surface area (Å²) in [4.78, 5) is 10.4. The number of carbonyl (C=O) groups excluding carboxylic acids is 1. The summed E-state index contributed by atoms with van der Waals surface area (Å²) in [6.45, 7) is 0. The second-order valence-electron chi connectivity index (χ2n) is 2.86. The maximum absolute atomic E-state index is 10.4. The number of amides is 1. The molecular weight excluding hydrogens is 190 g/mol. The Morgan fingerprint density at radius 2 is 2.20 bits per heavy atom. The average molecular weight is 199 g/mol. The number of nitrogens with two attached hydrogens (primary N) is 2. The fourth-order valence-corrected chi connectivity index (χ4v) is 0.976. The minimum absolute atomic E-state index is 0.0138. The van der Waals surface area contributed by atoms with Gasteiger partial charge in [0.25, 0.3) is 0 Å². The fourth-order valence-electron chi connectivity index (χ4n) is 0.976. The summed E-state index contributed by atoms with van der Waals surface area (Å²) in [6.07, 6.45) is 0.0138. The van der Waals surface area contributed by atoms with Crippen LogP contribution >= 0.6 is 0 Å². The largest absolute Gasteiger partial charge is 0.398 e. The van der Waals surface area contributed by atoms with Crippen LogP contribution < -0.4 is 11.5 Å². The van der Waals surface area contributed by atoms with Crippen LogP contribution in [0.25, 0.3) is 0 Å². The molecule has 0 atom stereocenters. The van der Waals surface area contributed by atoms with Crippen molar-refractivity contribution in [1.82, 2.24) is 0 Å². The van der Waals surface area contributed by atoms with Crippen LogP contribution in [0.4, 0.5) is 5.69 Å². The fraction of sp³-hybridized carbons (Fsp3) is 0.0909. The number of benzene rings is 1. The number of nitrogen functional groups attached to an aromatic ring is 1. The number of carbonyl (C=O) groups is 1. The first-order valence-corrected chi connectivity index (χ1v) is 4.20. The number of hydrogen-bond acceptors (Lipinski definition) is 3. The topological polar surface area (TPSA) is 92.9 Å². The van der Waals surface area contributed by atoms with Gasteiger partial charge in [-0.25, -0.2) is 0 Å².